The van der Waals surface area contributed by atoms with Crippen LogP contribution in [0.2, 0.25) is 0 Å². The fraction of sp³-hybridized carbons (Fsp3) is 0.400. The summed E-state index contributed by atoms with van der Waals surface area (Å²) in [7, 11) is 0. The molecular weight excluding hydrogens is 434 g/mol. The lowest BCUT2D eigenvalue weighted by molar-refractivity contribution is -0.126. The van der Waals surface area contributed by atoms with E-state index in [1.54, 1.807) is 23.7 Å². The summed E-state index contributed by atoms with van der Waals surface area (Å²) in [5.74, 6) is 0.790. The zero-order valence-electron chi connectivity index (χ0n) is 19.2. The Hall–Kier alpha value is -2.81. The smallest absolute Gasteiger partial charge is 0.246 e. The number of carbonyl (C=O) groups excluding carboxylic acids is 1. The van der Waals surface area contributed by atoms with Gasteiger partial charge in [-0.15, -0.1) is 11.3 Å². The van der Waals surface area contributed by atoms with E-state index in [-0.39, 0.29) is 18.6 Å². The molecule has 8 heteroatoms. The van der Waals surface area contributed by atoms with Crippen molar-refractivity contribution in [1.82, 2.24) is 19.8 Å². The number of nitrogens with zero attached hydrogens (tertiary/aromatic N) is 4. The summed E-state index contributed by atoms with van der Waals surface area (Å²) in [4.78, 5) is 28.0. The van der Waals surface area contributed by atoms with Gasteiger partial charge >= 0.3 is 0 Å². The molecule has 4 rings (SSSR count). The number of rotatable bonds is 9. The molecule has 0 spiro atoms. The molecular formula is C25H31N5O2S. The van der Waals surface area contributed by atoms with Crippen molar-refractivity contribution in [3.63, 3.8) is 0 Å². The molecule has 2 aromatic heterocycles. The monoisotopic (exact) mass is 465 g/mol. The first-order valence-corrected chi connectivity index (χ1v) is 12.3. The molecule has 0 saturated carbocycles. The Morgan fingerprint density at radius 1 is 1.27 bits per heavy atom. The molecule has 0 radical (unpaired) electrons. The first kappa shape index (κ1) is 23.4. The molecule has 1 amide bonds. The molecule has 0 unspecified atom stereocenters. The van der Waals surface area contributed by atoms with Gasteiger partial charge in [0.25, 0.3) is 0 Å². The number of thiophene rings is 1. The van der Waals surface area contributed by atoms with E-state index in [2.05, 4.69) is 34.0 Å². The van der Waals surface area contributed by atoms with Crippen LogP contribution in [0.15, 0.2) is 48.8 Å². The topological polar surface area (TPSA) is 81.6 Å². The number of benzene rings is 1. The molecule has 3 aromatic rings. The number of likely N-dealkylation sites (N-methyl/N-ethyl adjacent to an activating group) is 1. The number of carbonyl (C=O) groups is 1. The maximum absolute atomic E-state index is 12.7. The normalized spacial score (nSPS) is 14.7. The molecule has 2 N–H and O–H groups in total. The Labute approximate surface area is 198 Å². The second kappa shape index (κ2) is 10.9. The molecule has 33 heavy (non-hydrogen) atoms. The highest BCUT2D eigenvalue weighted by Gasteiger charge is 2.26. The second-order valence-corrected chi connectivity index (χ2v) is 9.18. The Morgan fingerprint density at radius 2 is 2.06 bits per heavy atom. The van der Waals surface area contributed by atoms with Gasteiger partial charge in [-0.1, -0.05) is 50.3 Å². The fourth-order valence-corrected chi connectivity index (χ4v) is 5.40. The largest absolute Gasteiger partial charge is 0.394 e. The van der Waals surface area contributed by atoms with Gasteiger partial charge in [0.05, 0.1) is 24.6 Å². The zero-order chi connectivity index (χ0) is 23.2. The predicted octanol–water partition coefficient (Wildman–Crippen LogP) is 3.62. The number of hydrogen-bond donors (Lipinski definition) is 2. The van der Waals surface area contributed by atoms with Gasteiger partial charge in [0.1, 0.15) is 17.0 Å². The van der Waals surface area contributed by atoms with Crippen molar-refractivity contribution < 1.29 is 9.90 Å². The number of hydrogen-bond acceptors (Lipinski definition) is 7. The number of aliphatic hydroxyl groups is 1. The number of aliphatic hydroxyl groups excluding tert-OH is 1. The highest BCUT2D eigenvalue weighted by Crippen LogP contribution is 2.38. The summed E-state index contributed by atoms with van der Waals surface area (Å²) >= 11 is 1.62. The number of anilines is 1. The lowest BCUT2D eigenvalue weighted by Gasteiger charge is -2.26. The van der Waals surface area contributed by atoms with Gasteiger partial charge in [0.2, 0.25) is 5.91 Å². The number of fused-ring (bicyclic) bond motifs is 3. The maximum atomic E-state index is 12.7. The highest BCUT2D eigenvalue weighted by molar-refractivity contribution is 7.19. The average Bonchev–Trinajstić information content (AvgIpc) is 3.24. The predicted molar refractivity (Wildman–Crippen MR) is 133 cm³/mol. The number of nitrogens with one attached hydrogen (secondary N) is 1. The van der Waals surface area contributed by atoms with E-state index in [0.717, 1.165) is 52.5 Å². The van der Waals surface area contributed by atoms with Crippen molar-refractivity contribution in [2.75, 3.05) is 38.1 Å². The van der Waals surface area contributed by atoms with Crippen LogP contribution in [0.25, 0.3) is 10.2 Å². The highest BCUT2D eigenvalue weighted by atomic mass is 32.1. The summed E-state index contributed by atoms with van der Waals surface area (Å²) in [6, 6.07) is 9.62. The van der Waals surface area contributed by atoms with E-state index in [4.69, 9.17) is 0 Å². The number of amides is 1. The number of aromatic nitrogens is 2. The molecule has 7 nitrogen and oxygen atoms in total. The van der Waals surface area contributed by atoms with Crippen LogP contribution in [0.4, 0.5) is 5.82 Å². The molecule has 1 aromatic carbocycles. The zero-order valence-corrected chi connectivity index (χ0v) is 20.0. The molecule has 0 fully saturated rings. The van der Waals surface area contributed by atoms with Crippen molar-refractivity contribution in [2.24, 2.45) is 0 Å². The Morgan fingerprint density at radius 3 is 2.79 bits per heavy atom. The molecule has 0 saturated heterocycles. The van der Waals surface area contributed by atoms with Crippen molar-refractivity contribution in [3.8, 4) is 0 Å². The van der Waals surface area contributed by atoms with Crippen LogP contribution in [0, 0.1) is 0 Å². The summed E-state index contributed by atoms with van der Waals surface area (Å²) in [6.07, 6.45) is 5.99. The van der Waals surface area contributed by atoms with Crippen LogP contribution >= 0.6 is 11.3 Å². The molecule has 1 aliphatic heterocycles. The van der Waals surface area contributed by atoms with Gasteiger partial charge in [0, 0.05) is 24.0 Å². The third kappa shape index (κ3) is 5.24. The molecule has 1 aliphatic rings. The van der Waals surface area contributed by atoms with Crippen molar-refractivity contribution in [2.45, 2.75) is 32.9 Å². The summed E-state index contributed by atoms with van der Waals surface area (Å²) in [5, 5.41) is 14.4. The van der Waals surface area contributed by atoms with Crippen molar-refractivity contribution >= 4 is 33.3 Å². The van der Waals surface area contributed by atoms with Crippen molar-refractivity contribution in [3.05, 3.63) is 64.8 Å². The van der Waals surface area contributed by atoms with Gasteiger partial charge < -0.3 is 20.2 Å². The van der Waals surface area contributed by atoms with Crippen LogP contribution in [0.1, 0.15) is 35.9 Å². The minimum atomic E-state index is -0.252. The summed E-state index contributed by atoms with van der Waals surface area (Å²) in [6.45, 7) is 8.22. The Balaban J connectivity index is 1.52. The van der Waals surface area contributed by atoms with Gasteiger partial charge in [-0.05, 0) is 30.6 Å². The van der Waals surface area contributed by atoms with E-state index in [0.29, 0.717) is 13.1 Å². The SMILES string of the molecule is CCN(CC)C/C=C/C(=O)N1CCc2c(sc3ncnc(N[C@H](CO)c4ccccc4)c23)C1. The quantitative estimate of drug-likeness (QED) is 0.470. The first-order valence-electron chi connectivity index (χ1n) is 11.5. The van der Waals surface area contributed by atoms with Crippen LogP contribution in [0.3, 0.4) is 0 Å². The van der Waals surface area contributed by atoms with Gasteiger partial charge in [-0.3, -0.25) is 4.79 Å². The van der Waals surface area contributed by atoms with Gasteiger partial charge in [0.15, 0.2) is 0 Å². The molecule has 174 valence electrons. The van der Waals surface area contributed by atoms with E-state index in [1.165, 1.54) is 5.56 Å². The Bertz CT molecular complexity index is 1110. The molecule has 0 bridgehead atoms. The molecule has 0 aliphatic carbocycles. The van der Waals surface area contributed by atoms with Crippen LogP contribution < -0.4 is 5.32 Å². The van der Waals surface area contributed by atoms with Gasteiger partial charge in [-0.2, -0.15) is 0 Å². The van der Waals surface area contributed by atoms with Crippen LogP contribution in [-0.2, 0) is 17.8 Å². The van der Waals surface area contributed by atoms with Gasteiger partial charge in [-0.25, -0.2) is 9.97 Å². The molecule has 1 atom stereocenters. The van der Waals surface area contributed by atoms with Crippen LogP contribution in [-0.4, -0.2) is 63.6 Å². The summed E-state index contributed by atoms with van der Waals surface area (Å²) < 4.78 is 0. The first-order chi connectivity index (χ1) is 16.1. The lowest BCUT2D eigenvalue weighted by Crippen LogP contribution is -2.34. The summed E-state index contributed by atoms with van der Waals surface area (Å²) in [5.41, 5.74) is 2.21. The van der Waals surface area contributed by atoms with E-state index in [1.807, 2.05) is 41.3 Å². The van der Waals surface area contributed by atoms with E-state index >= 15 is 0 Å². The fourth-order valence-electron chi connectivity index (χ4n) is 4.20. The van der Waals surface area contributed by atoms with E-state index < -0.39 is 0 Å². The third-order valence-electron chi connectivity index (χ3n) is 6.16. The minimum Gasteiger partial charge on any atom is -0.394 e. The maximum Gasteiger partial charge on any atom is 0.246 e. The minimum absolute atomic E-state index is 0.0378. The second-order valence-electron chi connectivity index (χ2n) is 8.09. The lowest BCUT2D eigenvalue weighted by atomic mass is 10.0. The average molecular weight is 466 g/mol. The van der Waals surface area contributed by atoms with E-state index in [9.17, 15) is 9.90 Å². The third-order valence-corrected chi connectivity index (χ3v) is 7.29. The Kier molecular flexibility index (Phi) is 7.69. The van der Waals surface area contributed by atoms with Crippen molar-refractivity contribution in [1.29, 1.82) is 0 Å². The molecule has 3 heterocycles. The standard InChI is InChI=1S/C25H31N5O2S/c1-3-29(4-2)13-8-11-22(32)30-14-12-19-21(15-30)33-25-23(19)24(26-17-27-25)28-20(16-31)18-9-6-5-7-10-18/h5-11,17,20,31H,3-4,12-16H2,1-2H3,(H,26,27,28)/b11-8+/t20-/m1/s1. The van der Waals surface area contributed by atoms with Crippen LogP contribution in [0.5, 0.6) is 0 Å².